The van der Waals surface area contributed by atoms with Crippen LogP contribution in [0.1, 0.15) is 111 Å². The minimum atomic E-state index is -0.311. The highest BCUT2D eigenvalue weighted by molar-refractivity contribution is 5.87. The van der Waals surface area contributed by atoms with Crippen LogP contribution in [0.25, 0.3) is 6.08 Å². The van der Waals surface area contributed by atoms with Crippen molar-refractivity contribution in [3.63, 3.8) is 0 Å². The first kappa shape index (κ1) is 28.5. The van der Waals surface area contributed by atoms with E-state index in [9.17, 15) is 9.90 Å². The lowest BCUT2D eigenvalue weighted by Gasteiger charge is -2.58. The van der Waals surface area contributed by atoms with Crippen LogP contribution in [0.5, 0.6) is 5.75 Å². The van der Waals surface area contributed by atoms with E-state index in [1.165, 1.54) is 57.4 Å². The maximum Gasteiger partial charge on any atom is 0.331 e. The number of allylic oxidation sites excluding steroid dienone is 1. The van der Waals surface area contributed by atoms with Crippen LogP contribution in [0, 0.1) is 46.3 Å². The third-order valence-electron chi connectivity index (χ3n) is 11.9. The topological polar surface area (TPSA) is 46.5 Å². The zero-order valence-corrected chi connectivity index (χ0v) is 25.1. The summed E-state index contributed by atoms with van der Waals surface area (Å²) in [7, 11) is 0. The maximum atomic E-state index is 12.6. The summed E-state index contributed by atoms with van der Waals surface area (Å²) < 4.78 is 5.91. The summed E-state index contributed by atoms with van der Waals surface area (Å²) in [6.45, 7) is 12.5. The van der Waals surface area contributed by atoms with Crippen LogP contribution in [-0.4, -0.2) is 17.2 Å². The Morgan fingerprint density at radius 1 is 1.05 bits per heavy atom. The van der Waals surface area contributed by atoms with E-state index in [4.69, 9.17) is 4.74 Å². The highest BCUT2D eigenvalue weighted by Crippen LogP contribution is 2.67. The fourth-order valence-electron chi connectivity index (χ4n) is 9.74. The van der Waals surface area contributed by atoms with Gasteiger partial charge in [0.2, 0.25) is 0 Å². The Morgan fingerprint density at radius 3 is 2.62 bits per heavy atom. The molecule has 0 spiro atoms. The van der Waals surface area contributed by atoms with Gasteiger partial charge in [0, 0.05) is 18.1 Å². The van der Waals surface area contributed by atoms with Gasteiger partial charge in [0.05, 0.1) is 0 Å². The van der Waals surface area contributed by atoms with Crippen LogP contribution < -0.4 is 0 Å². The van der Waals surface area contributed by atoms with Gasteiger partial charge in [-0.1, -0.05) is 83.7 Å². The maximum absolute atomic E-state index is 12.6. The lowest BCUT2D eigenvalue weighted by Crippen LogP contribution is -2.51. The van der Waals surface area contributed by atoms with Gasteiger partial charge in [0.1, 0.15) is 11.9 Å². The zero-order chi connectivity index (χ0) is 27.8. The molecule has 0 radical (unpaired) electrons. The fourth-order valence-corrected chi connectivity index (χ4v) is 9.74. The van der Waals surface area contributed by atoms with E-state index in [-0.39, 0.29) is 23.2 Å². The third kappa shape index (κ3) is 5.62. The van der Waals surface area contributed by atoms with Crippen molar-refractivity contribution in [1.29, 1.82) is 0 Å². The number of carbonyl (C=O) groups is 1. The van der Waals surface area contributed by atoms with Crippen LogP contribution in [0.2, 0.25) is 0 Å². The Bertz CT molecular complexity index is 1080. The number of fused-ring (bicyclic) bond motifs is 5. The first-order chi connectivity index (χ1) is 18.6. The van der Waals surface area contributed by atoms with Crippen molar-refractivity contribution >= 4 is 12.0 Å². The number of phenols is 1. The van der Waals surface area contributed by atoms with Gasteiger partial charge in [-0.25, -0.2) is 4.79 Å². The molecule has 3 saturated carbocycles. The summed E-state index contributed by atoms with van der Waals surface area (Å²) in [5.74, 6) is 4.92. The molecule has 5 rings (SSSR count). The highest BCUT2D eigenvalue weighted by atomic mass is 16.5. The molecule has 0 amide bonds. The van der Waals surface area contributed by atoms with Crippen LogP contribution in [-0.2, 0) is 9.53 Å². The third-order valence-corrected chi connectivity index (χ3v) is 11.9. The molecule has 3 heteroatoms. The molecule has 4 aliphatic rings. The summed E-state index contributed by atoms with van der Waals surface area (Å²) in [4.78, 5) is 12.6. The van der Waals surface area contributed by atoms with E-state index in [1.54, 1.807) is 29.8 Å². The first-order valence-electron chi connectivity index (χ1n) is 16.0. The molecule has 8 atom stereocenters. The monoisotopic (exact) mass is 532 g/mol. The van der Waals surface area contributed by atoms with E-state index in [0.717, 1.165) is 54.8 Å². The van der Waals surface area contributed by atoms with Crippen LogP contribution in [0.3, 0.4) is 0 Å². The normalized spacial score (nSPS) is 36.7. The van der Waals surface area contributed by atoms with E-state index in [0.29, 0.717) is 11.0 Å². The predicted octanol–water partition coefficient (Wildman–Crippen LogP) is 9.36. The van der Waals surface area contributed by atoms with Crippen LogP contribution in [0.15, 0.2) is 42.0 Å². The van der Waals surface area contributed by atoms with Crippen molar-refractivity contribution in [3.8, 4) is 5.75 Å². The minimum Gasteiger partial charge on any atom is -0.507 e. The number of phenolic OH excluding ortho intramolecular Hbond substituents is 1. The quantitative estimate of drug-likeness (QED) is 0.206. The smallest absolute Gasteiger partial charge is 0.331 e. The average Bonchev–Trinajstić information content (AvgIpc) is 3.25. The molecule has 1 aromatic rings. The lowest BCUT2D eigenvalue weighted by atomic mass is 9.47. The van der Waals surface area contributed by atoms with E-state index < -0.39 is 0 Å². The van der Waals surface area contributed by atoms with Crippen LogP contribution >= 0.6 is 0 Å². The Hall–Kier alpha value is -2.03. The summed E-state index contributed by atoms with van der Waals surface area (Å²) in [5.41, 5.74) is 2.97. The van der Waals surface area contributed by atoms with E-state index in [1.807, 2.05) is 6.07 Å². The molecule has 39 heavy (non-hydrogen) atoms. The number of carbonyl (C=O) groups excluding carboxylic acids is 1. The standard InChI is InChI=1S/C36H52O3/c1-24(2)9-8-10-25(3)30-16-17-31-29-15-14-27-23-28(19-21-35(27,4)32(29)20-22-36(30,31)5)39-34(38)18-13-26-11-6-7-12-33(26)37/h6-7,11-14,18,24-25,28-32,37H,8-10,15-17,19-23H2,1-5H3/b18-13+/t25-,28+,29-,30+,31+,32-,35+,36-/m1/s1. The van der Waals surface area contributed by atoms with Gasteiger partial charge in [-0.3, -0.25) is 0 Å². The van der Waals surface area contributed by atoms with Gasteiger partial charge in [-0.05, 0) is 103 Å². The van der Waals surface area contributed by atoms with E-state index >= 15 is 0 Å². The SMILES string of the molecule is CC(C)CCC[C@@H](C)[C@@H]1CC[C@H]2[C@H]3CC=C4C[C@@H](OC(=O)/C=C/c5ccccc5O)CC[C@]4(C)[C@@H]3CC[C@@]21C. The van der Waals surface area contributed by atoms with Crippen LogP contribution in [0.4, 0.5) is 0 Å². The van der Waals surface area contributed by atoms with Gasteiger partial charge in [-0.15, -0.1) is 0 Å². The molecule has 1 N–H and O–H groups in total. The van der Waals surface area contributed by atoms with Gasteiger partial charge in [0.25, 0.3) is 0 Å². The lowest BCUT2D eigenvalue weighted by molar-refractivity contribution is -0.145. The number of para-hydroxylation sites is 1. The molecule has 0 aromatic heterocycles. The molecular weight excluding hydrogens is 480 g/mol. The molecule has 3 fully saturated rings. The Kier molecular flexibility index (Phi) is 8.37. The number of ether oxygens (including phenoxy) is 1. The number of hydrogen-bond acceptors (Lipinski definition) is 3. The Labute approximate surface area is 237 Å². The number of aromatic hydroxyl groups is 1. The summed E-state index contributed by atoms with van der Waals surface area (Å²) in [6.07, 6.45) is 19.6. The molecule has 0 bridgehead atoms. The molecular formula is C36H52O3. The second kappa shape index (κ2) is 11.5. The number of hydrogen-bond donors (Lipinski definition) is 1. The zero-order valence-electron chi connectivity index (χ0n) is 25.1. The average molecular weight is 533 g/mol. The van der Waals surface area contributed by atoms with Crippen molar-refractivity contribution in [1.82, 2.24) is 0 Å². The van der Waals surface area contributed by atoms with E-state index in [2.05, 4.69) is 40.7 Å². The number of benzene rings is 1. The summed E-state index contributed by atoms with van der Waals surface area (Å²) in [5, 5.41) is 9.95. The second-order valence-electron chi connectivity index (χ2n) is 14.5. The van der Waals surface area contributed by atoms with Gasteiger partial charge >= 0.3 is 5.97 Å². The first-order valence-corrected chi connectivity index (χ1v) is 16.0. The molecule has 214 valence electrons. The summed E-state index contributed by atoms with van der Waals surface area (Å²) >= 11 is 0. The number of esters is 1. The van der Waals surface area contributed by atoms with Gasteiger partial charge in [0.15, 0.2) is 0 Å². The highest BCUT2D eigenvalue weighted by Gasteiger charge is 2.59. The predicted molar refractivity (Wildman–Crippen MR) is 160 cm³/mol. The Balaban J connectivity index is 1.22. The molecule has 3 nitrogen and oxygen atoms in total. The van der Waals surface area contributed by atoms with Crippen molar-refractivity contribution in [2.75, 3.05) is 0 Å². The molecule has 0 unspecified atom stereocenters. The molecule has 0 aliphatic heterocycles. The molecule has 4 aliphatic carbocycles. The second-order valence-corrected chi connectivity index (χ2v) is 14.5. The minimum absolute atomic E-state index is 0.0428. The fraction of sp³-hybridized carbons (Fsp3) is 0.694. The van der Waals surface area contributed by atoms with Crippen molar-refractivity contribution in [2.45, 2.75) is 111 Å². The largest absolute Gasteiger partial charge is 0.507 e. The molecule has 0 heterocycles. The number of rotatable bonds is 8. The van der Waals surface area contributed by atoms with Gasteiger partial charge < -0.3 is 9.84 Å². The Morgan fingerprint density at radius 2 is 1.85 bits per heavy atom. The van der Waals surface area contributed by atoms with Gasteiger partial charge in [-0.2, -0.15) is 0 Å². The molecule has 1 aromatic carbocycles. The van der Waals surface area contributed by atoms with Crippen molar-refractivity contribution in [3.05, 3.63) is 47.6 Å². The van der Waals surface area contributed by atoms with Crippen molar-refractivity contribution < 1.29 is 14.6 Å². The van der Waals surface area contributed by atoms with Crippen molar-refractivity contribution in [2.24, 2.45) is 46.3 Å². The molecule has 0 saturated heterocycles. The summed E-state index contributed by atoms with van der Waals surface area (Å²) in [6, 6.07) is 7.05.